The number of nitrogens with one attached hydrogen (secondary N) is 4. The van der Waals surface area contributed by atoms with Gasteiger partial charge in [0.25, 0.3) is 11.8 Å². The lowest BCUT2D eigenvalue weighted by Crippen LogP contribution is -3.00. The van der Waals surface area contributed by atoms with Crippen molar-refractivity contribution < 1.29 is 65.2 Å². The normalized spacial score (nSPS) is 18.0. The summed E-state index contributed by atoms with van der Waals surface area (Å²) in [5.74, 6) is -3.06. The highest BCUT2D eigenvalue weighted by Crippen LogP contribution is 2.47. The maximum atomic E-state index is 14.6. The molecule has 2 fully saturated rings. The average Bonchev–Trinajstić information content (AvgIpc) is 3.58. The van der Waals surface area contributed by atoms with E-state index >= 15 is 0 Å². The summed E-state index contributed by atoms with van der Waals surface area (Å²) in [6.07, 6.45) is 1.60. The summed E-state index contributed by atoms with van der Waals surface area (Å²) in [7, 11) is 6.11. The molecule has 5 atom stereocenters. The number of aliphatic hydroxyl groups excluding tert-OH is 1. The van der Waals surface area contributed by atoms with Gasteiger partial charge < -0.3 is 53.8 Å². The van der Waals surface area contributed by atoms with Gasteiger partial charge in [0.15, 0.2) is 18.2 Å². The van der Waals surface area contributed by atoms with Crippen LogP contribution in [0.15, 0.2) is 54.6 Å². The fourth-order valence-corrected chi connectivity index (χ4v) is 9.42. The van der Waals surface area contributed by atoms with E-state index < -0.39 is 52.2 Å². The van der Waals surface area contributed by atoms with Gasteiger partial charge in [-0.3, -0.25) is 38.5 Å². The van der Waals surface area contributed by atoms with Gasteiger partial charge in [-0.05, 0) is 63.5 Å². The van der Waals surface area contributed by atoms with Crippen molar-refractivity contribution in [1.82, 2.24) is 31.2 Å². The molecule has 0 bridgehead atoms. The smallest absolute Gasteiger partial charge is 0.431 e. The molecule has 2 aliphatic rings. The van der Waals surface area contributed by atoms with Gasteiger partial charge in [-0.1, -0.05) is 77.1 Å². The van der Waals surface area contributed by atoms with Crippen LogP contribution in [-0.2, 0) is 28.8 Å². The molecule has 7 amide bonds. The third kappa shape index (κ3) is 16.0. The Bertz CT molecular complexity index is 2120. The second-order valence-corrected chi connectivity index (χ2v) is 20.5. The van der Waals surface area contributed by atoms with Crippen molar-refractivity contribution in [2.24, 2.45) is 27.9 Å². The molecule has 0 radical (unpaired) electrons. The number of carbonyl (C=O) groups excluding carboxylic acids is 8. The summed E-state index contributed by atoms with van der Waals surface area (Å²) >= 11 is 0. The molecule has 69 heavy (non-hydrogen) atoms. The first kappa shape index (κ1) is 57.7. The fourth-order valence-electron chi connectivity index (χ4n) is 9.42. The van der Waals surface area contributed by atoms with Crippen LogP contribution in [0.5, 0.6) is 0 Å². The van der Waals surface area contributed by atoms with Gasteiger partial charge in [-0.2, -0.15) is 0 Å². The van der Waals surface area contributed by atoms with E-state index in [9.17, 15) is 43.5 Å². The molecular formula is C50H75ClN8O10. The molecule has 0 aliphatic carbocycles. The third-order valence-electron chi connectivity index (χ3n) is 13.1. The molecular weight excluding hydrogens is 908 g/mol. The van der Waals surface area contributed by atoms with Crippen molar-refractivity contribution in [2.45, 2.75) is 118 Å². The molecule has 18 nitrogen and oxygen atoms in total. The van der Waals surface area contributed by atoms with Gasteiger partial charge in [-0.15, -0.1) is 5.06 Å². The minimum absolute atomic E-state index is 0. The number of rotatable bonds is 26. The summed E-state index contributed by atoms with van der Waals surface area (Å²) in [4.78, 5) is 113. The van der Waals surface area contributed by atoms with Gasteiger partial charge in [0.05, 0.1) is 21.1 Å². The number of nitrogens with zero attached hydrogens (tertiary/aromatic N) is 3. The predicted molar refractivity (Wildman–Crippen MR) is 255 cm³/mol. The number of ketones is 1. The van der Waals surface area contributed by atoms with Crippen LogP contribution in [0.25, 0.3) is 0 Å². The van der Waals surface area contributed by atoms with Gasteiger partial charge in [0, 0.05) is 90.8 Å². The first-order valence-electron chi connectivity index (χ1n) is 23.8. The predicted octanol–water partition coefficient (Wildman–Crippen LogP) is 1.01. The molecule has 0 saturated carbocycles. The molecule has 4 rings (SSSR count). The number of amides is 7. The van der Waals surface area contributed by atoms with Gasteiger partial charge in [-0.25, -0.2) is 4.79 Å². The molecule has 2 saturated heterocycles. The Kier molecular flexibility index (Phi) is 21.2. The molecule has 382 valence electrons. The number of nitrogens with two attached hydrogens (primary N) is 1. The van der Waals surface area contributed by atoms with Crippen LogP contribution in [0.1, 0.15) is 132 Å². The molecule has 0 aromatic heterocycles. The van der Waals surface area contributed by atoms with Gasteiger partial charge >= 0.3 is 6.09 Å². The quantitative estimate of drug-likeness (QED) is 0.0444. The minimum atomic E-state index is -1.30. The Morgan fingerprint density at radius 3 is 1.84 bits per heavy atom. The molecule has 19 heteroatoms. The van der Waals surface area contributed by atoms with E-state index in [1.54, 1.807) is 62.4 Å². The number of aliphatic hydroxyl groups is 1. The van der Waals surface area contributed by atoms with Crippen LogP contribution in [0.3, 0.4) is 0 Å². The Morgan fingerprint density at radius 1 is 0.754 bits per heavy atom. The van der Waals surface area contributed by atoms with E-state index in [1.165, 1.54) is 0 Å². The van der Waals surface area contributed by atoms with Crippen LogP contribution in [-0.4, -0.2) is 133 Å². The SMILES string of the molecule is CCC(CC(C)(CC(C)(CC(C)(C)C(=O)N1CCC1[N+](C)(C)C)C(=O)NCCCCCNC(=O)ON1C(=O)CCC1O)C(=O)NCCCNC(=O)c1ccc(C(=O)c2ccccc2)cc1)C(N)=O.[Cl-]. The molecule has 2 heterocycles. The van der Waals surface area contributed by atoms with Crippen molar-refractivity contribution in [3.8, 4) is 0 Å². The monoisotopic (exact) mass is 983 g/mol. The van der Waals surface area contributed by atoms with Crippen molar-refractivity contribution in [2.75, 3.05) is 53.9 Å². The van der Waals surface area contributed by atoms with E-state index in [4.69, 9.17) is 10.6 Å². The molecule has 7 N–H and O–H groups in total. The highest BCUT2D eigenvalue weighted by Gasteiger charge is 2.52. The highest BCUT2D eigenvalue weighted by molar-refractivity contribution is 6.09. The second kappa shape index (κ2) is 25.3. The number of likely N-dealkylation sites (tertiary alicyclic amines) is 1. The zero-order valence-corrected chi connectivity index (χ0v) is 42.4. The molecule has 2 aromatic rings. The first-order chi connectivity index (χ1) is 31.9. The summed E-state index contributed by atoms with van der Waals surface area (Å²) < 4.78 is 0.565. The standard InChI is InChI=1S/C50H74N8O10.ClH/c1-9-34(42(51)62)31-49(4,44(64)54-29-16-28-52-43(63)37-21-19-36(20-22-37)41(61)35-17-12-10-13-18-35)33-50(5,32-48(2,3)46(66)56-30-25-38(56)58(6,7)8)45(65)53-26-14-11-15-27-55-47(67)68-57-39(59)23-24-40(57)60;/h10,12-13,17-22,34,38-39,59H,9,11,14-16,23-33H2,1-8H3,(H5-,51,52,53,54,55,62,63,64,65,67);1H. The number of benzene rings is 2. The zero-order chi connectivity index (χ0) is 50.5. The number of primary amides is 1. The van der Waals surface area contributed by atoms with Crippen LogP contribution in [0.2, 0.25) is 0 Å². The number of hydrogen-bond acceptors (Lipinski definition) is 10. The number of halogens is 1. The van der Waals surface area contributed by atoms with Crippen molar-refractivity contribution in [1.29, 1.82) is 0 Å². The van der Waals surface area contributed by atoms with E-state index in [2.05, 4.69) is 21.3 Å². The summed E-state index contributed by atoms with van der Waals surface area (Å²) in [6, 6.07) is 15.2. The third-order valence-corrected chi connectivity index (χ3v) is 13.1. The van der Waals surface area contributed by atoms with E-state index in [-0.39, 0.29) is 100 Å². The first-order valence-corrected chi connectivity index (χ1v) is 23.8. The Labute approximate surface area is 413 Å². The van der Waals surface area contributed by atoms with Crippen LogP contribution in [0.4, 0.5) is 4.79 Å². The number of hydroxylamine groups is 2. The summed E-state index contributed by atoms with van der Waals surface area (Å²) in [5.41, 5.74) is 3.60. The highest BCUT2D eigenvalue weighted by atomic mass is 35.5. The minimum Gasteiger partial charge on any atom is -1.00 e. The Balaban J connectivity index is 0.0000126. The van der Waals surface area contributed by atoms with E-state index in [0.29, 0.717) is 64.9 Å². The number of carbonyl (C=O) groups is 8. The molecule has 0 spiro atoms. The van der Waals surface area contributed by atoms with Crippen LogP contribution < -0.4 is 39.4 Å². The topological polar surface area (TPSA) is 247 Å². The number of unbranched alkanes of at least 4 members (excludes halogenated alkanes) is 2. The van der Waals surface area contributed by atoms with E-state index in [0.717, 1.165) is 6.42 Å². The fraction of sp³-hybridized carbons (Fsp3) is 0.600. The molecule has 5 unspecified atom stereocenters. The van der Waals surface area contributed by atoms with Gasteiger partial charge in [0.1, 0.15) is 0 Å². The maximum Gasteiger partial charge on any atom is 0.431 e. The number of quaternary nitrogens is 1. The Hall–Kier alpha value is -5.59. The summed E-state index contributed by atoms with van der Waals surface area (Å²) in [6.45, 7) is 10.4. The van der Waals surface area contributed by atoms with Crippen LogP contribution in [0, 0.1) is 22.2 Å². The second-order valence-electron chi connectivity index (χ2n) is 20.5. The molecule has 2 aromatic carbocycles. The lowest BCUT2D eigenvalue weighted by atomic mass is 9.62. The van der Waals surface area contributed by atoms with Crippen molar-refractivity contribution in [3.63, 3.8) is 0 Å². The van der Waals surface area contributed by atoms with Gasteiger partial charge in [0.2, 0.25) is 23.6 Å². The zero-order valence-electron chi connectivity index (χ0n) is 41.7. The largest absolute Gasteiger partial charge is 1.00 e. The van der Waals surface area contributed by atoms with Crippen molar-refractivity contribution >= 4 is 47.3 Å². The Morgan fingerprint density at radius 2 is 1.30 bits per heavy atom. The molecule has 2 aliphatic heterocycles. The lowest BCUT2D eigenvalue weighted by Gasteiger charge is -2.51. The average molecular weight is 984 g/mol. The van der Waals surface area contributed by atoms with Crippen LogP contribution >= 0.6 is 0 Å². The lowest BCUT2D eigenvalue weighted by molar-refractivity contribution is -0.913. The number of hydrogen-bond donors (Lipinski definition) is 6. The van der Waals surface area contributed by atoms with E-state index in [1.807, 2.05) is 52.9 Å². The summed E-state index contributed by atoms with van der Waals surface area (Å²) in [5, 5.41) is 22.0. The maximum absolute atomic E-state index is 14.6. The van der Waals surface area contributed by atoms with Crippen molar-refractivity contribution in [3.05, 3.63) is 71.3 Å².